The van der Waals surface area contributed by atoms with Crippen molar-refractivity contribution in [1.29, 1.82) is 0 Å². The normalized spacial score (nSPS) is 11.7. The number of carbonyl (C=O) groups is 2. The van der Waals surface area contributed by atoms with Crippen molar-refractivity contribution in [2.24, 2.45) is 0 Å². The van der Waals surface area contributed by atoms with E-state index in [0.29, 0.717) is 5.56 Å². The third-order valence-electron chi connectivity index (χ3n) is 2.34. The Hall–Kier alpha value is -1.84. The van der Waals surface area contributed by atoms with Gasteiger partial charge in [0.1, 0.15) is 0 Å². The molecule has 0 fully saturated rings. The molecule has 0 N–H and O–H groups in total. The van der Waals surface area contributed by atoms with Crippen LogP contribution >= 0.6 is 0 Å². The van der Waals surface area contributed by atoms with Gasteiger partial charge in [-0.15, -0.1) is 0 Å². The van der Waals surface area contributed by atoms with Crippen LogP contribution in [0.15, 0.2) is 30.3 Å². The van der Waals surface area contributed by atoms with Gasteiger partial charge in [-0.05, 0) is 12.5 Å². The van der Waals surface area contributed by atoms with Crippen LogP contribution in [0.1, 0.15) is 18.4 Å². The lowest BCUT2D eigenvalue weighted by atomic mass is 9.98. The first-order chi connectivity index (χ1) is 8.07. The first-order valence-electron chi connectivity index (χ1n) is 5.50. The molecule has 0 aromatic heterocycles. The third kappa shape index (κ3) is 3.31. The van der Waals surface area contributed by atoms with Gasteiger partial charge in [0.25, 0.3) is 0 Å². The quantitative estimate of drug-likeness (QED) is 0.585. The summed E-state index contributed by atoms with van der Waals surface area (Å²) in [6.45, 7) is 1.99. The zero-order valence-electron chi connectivity index (χ0n) is 10.3. The minimum atomic E-state index is -0.869. The van der Waals surface area contributed by atoms with Crippen molar-refractivity contribution in [3.05, 3.63) is 35.9 Å². The molecule has 1 rings (SSSR count). The van der Waals surface area contributed by atoms with Crippen molar-refractivity contribution < 1.29 is 14.3 Å². The minimum absolute atomic E-state index is 0.267. The molecule has 0 unspecified atom stereocenters. The summed E-state index contributed by atoms with van der Waals surface area (Å²) in [5.74, 6) is -1.64. The molecule has 1 atom stereocenters. The molecule has 1 aromatic carbocycles. The number of hydrogen-bond donors (Lipinski definition) is 0. The molecule has 4 nitrogen and oxygen atoms in total. The standard InChI is InChI=1S/C13H17NO3/c1-4-17-13(16)11(12(15)14(2)3)10-8-6-5-7-9-10/h5-9,11H,4H2,1-3H3/t11-/m1/s1. The van der Waals surface area contributed by atoms with Crippen LogP contribution < -0.4 is 0 Å². The first kappa shape index (κ1) is 13.2. The average Bonchev–Trinajstić information content (AvgIpc) is 2.31. The van der Waals surface area contributed by atoms with Crippen molar-refractivity contribution in [1.82, 2.24) is 4.90 Å². The van der Waals surface area contributed by atoms with Crippen LogP contribution in [0.4, 0.5) is 0 Å². The Morgan fingerprint density at radius 2 is 1.82 bits per heavy atom. The number of hydrogen-bond acceptors (Lipinski definition) is 3. The van der Waals surface area contributed by atoms with Crippen molar-refractivity contribution in [2.45, 2.75) is 12.8 Å². The molecule has 0 radical (unpaired) electrons. The fourth-order valence-electron chi connectivity index (χ4n) is 1.51. The second kappa shape index (κ2) is 6.03. The van der Waals surface area contributed by atoms with E-state index in [1.807, 2.05) is 6.07 Å². The van der Waals surface area contributed by atoms with Crippen molar-refractivity contribution in [3.8, 4) is 0 Å². The average molecular weight is 235 g/mol. The molecule has 0 aliphatic heterocycles. The number of benzene rings is 1. The second-order valence-electron chi connectivity index (χ2n) is 3.83. The molecule has 0 heterocycles. The lowest BCUT2D eigenvalue weighted by molar-refractivity contribution is -0.150. The smallest absolute Gasteiger partial charge is 0.323 e. The highest BCUT2D eigenvalue weighted by molar-refractivity contribution is 6.03. The summed E-state index contributed by atoms with van der Waals surface area (Å²) in [6.07, 6.45) is 0. The first-order valence-corrected chi connectivity index (χ1v) is 5.50. The highest BCUT2D eigenvalue weighted by Gasteiger charge is 2.30. The number of ether oxygens (including phenoxy) is 1. The van der Waals surface area contributed by atoms with Crippen LogP contribution in [0.3, 0.4) is 0 Å². The van der Waals surface area contributed by atoms with Gasteiger partial charge >= 0.3 is 5.97 Å². The lowest BCUT2D eigenvalue weighted by Crippen LogP contribution is -2.33. The van der Waals surface area contributed by atoms with E-state index in [-0.39, 0.29) is 12.5 Å². The molecule has 4 heteroatoms. The minimum Gasteiger partial charge on any atom is -0.465 e. The molecule has 17 heavy (non-hydrogen) atoms. The lowest BCUT2D eigenvalue weighted by Gasteiger charge is -2.19. The molecule has 1 amide bonds. The monoisotopic (exact) mass is 235 g/mol. The highest BCUT2D eigenvalue weighted by atomic mass is 16.5. The zero-order chi connectivity index (χ0) is 12.8. The summed E-state index contributed by atoms with van der Waals surface area (Å²) in [5, 5.41) is 0. The van der Waals surface area contributed by atoms with Gasteiger partial charge in [-0.25, -0.2) is 0 Å². The van der Waals surface area contributed by atoms with Crippen LogP contribution in [0.2, 0.25) is 0 Å². The Bertz CT molecular complexity index is 387. The summed E-state index contributed by atoms with van der Waals surface area (Å²) in [6, 6.07) is 8.94. The number of amides is 1. The zero-order valence-corrected chi connectivity index (χ0v) is 10.3. The number of nitrogens with zero attached hydrogens (tertiary/aromatic N) is 1. The van der Waals surface area contributed by atoms with Crippen LogP contribution in [-0.2, 0) is 14.3 Å². The maximum absolute atomic E-state index is 12.0. The maximum atomic E-state index is 12.0. The predicted molar refractivity (Wildman–Crippen MR) is 64.5 cm³/mol. The van der Waals surface area contributed by atoms with E-state index in [0.717, 1.165) is 0 Å². The van der Waals surface area contributed by atoms with Crippen molar-refractivity contribution >= 4 is 11.9 Å². The third-order valence-corrected chi connectivity index (χ3v) is 2.34. The summed E-state index contributed by atoms with van der Waals surface area (Å²) in [5.41, 5.74) is 0.657. The summed E-state index contributed by atoms with van der Waals surface area (Å²) in [4.78, 5) is 25.2. The van der Waals surface area contributed by atoms with E-state index in [4.69, 9.17) is 4.74 Å². The topological polar surface area (TPSA) is 46.6 Å². The van der Waals surface area contributed by atoms with E-state index in [1.165, 1.54) is 4.90 Å². The van der Waals surface area contributed by atoms with Gasteiger partial charge in [0.15, 0.2) is 5.92 Å². The van der Waals surface area contributed by atoms with Crippen LogP contribution in [0.5, 0.6) is 0 Å². The van der Waals surface area contributed by atoms with Gasteiger partial charge in [-0.3, -0.25) is 9.59 Å². The van der Waals surface area contributed by atoms with Gasteiger partial charge in [0.2, 0.25) is 5.91 Å². The SMILES string of the molecule is CCOC(=O)[C@@H](C(=O)N(C)C)c1ccccc1. The maximum Gasteiger partial charge on any atom is 0.323 e. The van der Waals surface area contributed by atoms with Crippen LogP contribution in [0, 0.1) is 0 Å². The molecule has 0 bridgehead atoms. The molecule has 1 aromatic rings. The van der Waals surface area contributed by atoms with E-state index < -0.39 is 11.9 Å². The number of carbonyl (C=O) groups excluding carboxylic acids is 2. The van der Waals surface area contributed by atoms with E-state index in [1.54, 1.807) is 45.3 Å². The Morgan fingerprint density at radius 3 is 2.29 bits per heavy atom. The number of esters is 1. The Kier molecular flexibility index (Phi) is 4.69. The van der Waals surface area contributed by atoms with E-state index in [9.17, 15) is 9.59 Å². The van der Waals surface area contributed by atoms with Gasteiger partial charge in [0.05, 0.1) is 6.61 Å². The molecule has 0 aliphatic carbocycles. The summed E-state index contributed by atoms with van der Waals surface area (Å²) in [7, 11) is 3.25. The fraction of sp³-hybridized carbons (Fsp3) is 0.385. The summed E-state index contributed by atoms with van der Waals surface area (Å²) < 4.78 is 4.94. The largest absolute Gasteiger partial charge is 0.465 e. The number of rotatable bonds is 4. The molecule has 0 spiro atoms. The Labute approximate surface area is 101 Å². The molecular weight excluding hydrogens is 218 g/mol. The van der Waals surface area contributed by atoms with Gasteiger partial charge in [-0.1, -0.05) is 30.3 Å². The molecular formula is C13H17NO3. The van der Waals surface area contributed by atoms with Crippen molar-refractivity contribution in [2.75, 3.05) is 20.7 Å². The van der Waals surface area contributed by atoms with Gasteiger partial charge < -0.3 is 9.64 Å². The Morgan fingerprint density at radius 1 is 1.24 bits per heavy atom. The van der Waals surface area contributed by atoms with Gasteiger partial charge in [-0.2, -0.15) is 0 Å². The van der Waals surface area contributed by atoms with E-state index >= 15 is 0 Å². The molecule has 92 valence electrons. The molecule has 0 aliphatic rings. The van der Waals surface area contributed by atoms with Crippen LogP contribution in [-0.4, -0.2) is 37.5 Å². The van der Waals surface area contributed by atoms with Crippen LogP contribution in [0.25, 0.3) is 0 Å². The van der Waals surface area contributed by atoms with Crippen molar-refractivity contribution in [3.63, 3.8) is 0 Å². The second-order valence-corrected chi connectivity index (χ2v) is 3.83. The predicted octanol–water partition coefficient (Wildman–Crippen LogP) is 1.42. The fourth-order valence-corrected chi connectivity index (χ4v) is 1.51. The molecule has 0 saturated carbocycles. The van der Waals surface area contributed by atoms with Gasteiger partial charge in [0, 0.05) is 14.1 Å². The number of likely N-dealkylation sites (N-methyl/N-ethyl adjacent to an activating group) is 1. The summed E-state index contributed by atoms with van der Waals surface area (Å²) >= 11 is 0. The molecule has 0 saturated heterocycles. The highest BCUT2D eigenvalue weighted by Crippen LogP contribution is 2.19. The Balaban J connectivity index is 3.03. The van der Waals surface area contributed by atoms with E-state index in [2.05, 4.69) is 0 Å².